The van der Waals surface area contributed by atoms with E-state index in [1.165, 1.54) is 22.5 Å². The topological polar surface area (TPSA) is 56.7 Å². The maximum Gasteiger partial charge on any atom is 0.416 e. The molecule has 0 aliphatic carbocycles. The van der Waals surface area contributed by atoms with E-state index in [-0.39, 0.29) is 5.75 Å². The smallest absolute Gasteiger partial charge is 0.335 e. The van der Waals surface area contributed by atoms with Gasteiger partial charge in [0.15, 0.2) is 5.82 Å². The molecule has 0 unspecified atom stereocenters. The van der Waals surface area contributed by atoms with Crippen LogP contribution in [0.25, 0.3) is 11.4 Å². The van der Waals surface area contributed by atoms with Gasteiger partial charge in [-0.25, -0.2) is 4.68 Å². The minimum absolute atomic E-state index is 0.280. The Balaban J connectivity index is 1.78. The molecule has 2 N–H and O–H groups in total. The Hall–Kier alpha value is -2.19. The third-order valence-corrected chi connectivity index (χ3v) is 4.75. The maximum atomic E-state index is 12.8. The first-order valence-electron chi connectivity index (χ1n) is 7.10. The Morgan fingerprint density at radius 1 is 1.08 bits per heavy atom. The van der Waals surface area contributed by atoms with Crippen LogP contribution in [0.3, 0.4) is 0 Å². The van der Waals surface area contributed by atoms with Crippen molar-refractivity contribution < 1.29 is 13.2 Å². The summed E-state index contributed by atoms with van der Waals surface area (Å²) < 4.78 is 39.6. The molecule has 1 aromatic heterocycles. The molecule has 4 nitrogen and oxygen atoms in total. The minimum atomic E-state index is -4.37. The van der Waals surface area contributed by atoms with Crippen molar-refractivity contribution >= 4 is 23.4 Å². The number of nitrogen functional groups attached to an aromatic ring is 1. The lowest BCUT2D eigenvalue weighted by atomic mass is 10.1. The van der Waals surface area contributed by atoms with Crippen LogP contribution in [0.1, 0.15) is 11.1 Å². The molecular formula is C16H12ClF3N4S. The summed E-state index contributed by atoms with van der Waals surface area (Å²) in [6.07, 6.45) is -4.37. The minimum Gasteiger partial charge on any atom is -0.335 e. The van der Waals surface area contributed by atoms with Crippen LogP contribution in [0.15, 0.2) is 53.7 Å². The van der Waals surface area contributed by atoms with Crippen molar-refractivity contribution in [2.45, 2.75) is 17.1 Å². The van der Waals surface area contributed by atoms with Gasteiger partial charge in [0.05, 0.1) is 10.6 Å². The maximum absolute atomic E-state index is 12.8. The summed E-state index contributed by atoms with van der Waals surface area (Å²) in [4.78, 5) is 0. The van der Waals surface area contributed by atoms with Gasteiger partial charge in [-0.15, -0.1) is 10.2 Å². The summed E-state index contributed by atoms with van der Waals surface area (Å²) in [5.41, 5.74) is 0.462. The lowest BCUT2D eigenvalue weighted by Crippen LogP contribution is -2.11. The second-order valence-electron chi connectivity index (χ2n) is 5.14. The van der Waals surface area contributed by atoms with Crippen LogP contribution in [-0.4, -0.2) is 14.9 Å². The molecule has 0 saturated carbocycles. The zero-order valence-corrected chi connectivity index (χ0v) is 14.2. The highest BCUT2D eigenvalue weighted by atomic mass is 35.5. The number of nitrogens with zero attached hydrogens (tertiary/aromatic N) is 3. The van der Waals surface area contributed by atoms with E-state index in [0.29, 0.717) is 27.1 Å². The van der Waals surface area contributed by atoms with Crippen molar-refractivity contribution in [2.24, 2.45) is 0 Å². The van der Waals surface area contributed by atoms with E-state index in [4.69, 9.17) is 17.4 Å². The van der Waals surface area contributed by atoms with E-state index in [9.17, 15) is 13.2 Å². The van der Waals surface area contributed by atoms with Gasteiger partial charge in [0, 0.05) is 11.3 Å². The molecule has 0 spiro atoms. The van der Waals surface area contributed by atoms with Crippen LogP contribution in [0.2, 0.25) is 5.02 Å². The number of hydrogen-bond donors (Lipinski definition) is 1. The monoisotopic (exact) mass is 384 g/mol. The highest BCUT2D eigenvalue weighted by molar-refractivity contribution is 7.98. The highest BCUT2D eigenvalue weighted by Crippen LogP contribution is 2.32. The van der Waals surface area contributed by atoms with Crippen LogP contribution in [0.4, 0.5) is 13.2 Å². The molecular weight excluding hydrogens is 373 g/mol. The second-order valence-corrected chi connectivity index (χ2v) is 6.49. The number of aromatic nitrogens is 3. The summed E-state index contributed by atoms with van der Waals surface area (Å²) in [7, 11) is 0. The predicted octanol–water partition coefficient (Wildman–Crippen LogP) is 4.62. The van der Waals surface area contributed by atoms with Crippen molar-refractivity contribution in [3.63, 3.8) is 0 Å². The number of nitrogens with two attached hydrogens (primary N) is 1. The third kappa shape index (κ3) is 3.91. The summed E-state index contributed by atoms with van der Waals surface area (Å²) in [6.45, 7) is 0. The largest absolute Gasteiger partial charge is 0.416 e. The fourth-order valence-electron chi connectivity index (χ4n) is 2.19. The van der Waals surface area contributed by atoms with Gasteiger partial charge in [-0.05, 0) is 23.8 Å². The van der Waals surface area contributed by atoms with Crippen LogP contribution < -0.4 is 5.84 Å². The molecule has 1 heterocycles. The normalized spacial score (nSPS) is 11.7. The molecule has 0 bridgehead atoms. The fourth-order valence-corrected chi connectivity index (χ4v) is 3.21. The van der Waals surface area contributed by atoms with Gasteiger partial charge in [0.2, 0.25) is 5.16 Å². The number of alkyl halides is 3. The van der Waals surface area contributed by atoms with E-state index in [1.54, 1.807) is 30.3 Å². The summed E-state index contributed by atoms with van der Waals surface area (Å²) in [6, 6.07) is 12.2. The zero-order valence-electron chi connectivity index (χ0n) is 12.7. The standard InChI is InChI=1S/C16H12ClF3N4S/c17-13-7-2-1-6-12(13)14-22-23-15(24(14)21)25-9-10-4-3-5-11(8-10)16(18,19)20/h1-8H,9,21H2. The van der Waals surface area contributed by atoms with Crippen molar-refractivity contribution in [1.29, 1.82) is 0 Å². The van der Waals surface area contributed by atoms with Crippen molar-refractivity contribution in [3.8, 4) is 11.4 Å². The van der Waals surface area contributed by atoms with Gasteiger partial charge in [0.1, 0.15) is 0 Å². The number of halogens is 4. The molecule has 130 valence electrons. The summed E-state index contributed by atoms with van der Waals surface area (Å²) >= 11 is 7.32. The Labute approximate surface area is 150 Å². The van der Waals surface area contributed by atoms with E-state index in [1.807, 2.05) is 0 Å². The van der Waals surface area contributed by atoms with E-state index >= 15 is 0 Å². The molecule has 2 aromatic carbocycles. The Bertz CT molecular complexity index is 895. The second kappa shape index (κ2) is 6.97. The van der Waals surface area contributed by atoms with E-state index in [0.717, 1.165) is 12.1 Å². The lowest BCUT2D eigenvalue weighted by molar-refractivity contribution is -0.137. The van der Waals surface area contributed by atoms with Gasteiger partial charge in [0.25, 0.3) is 0 Å². The van der Waals surface area contributed by atoms with Gasteiger partial charge in [-0.2, -0.15) is 13.2 Å². The number of benzene rings is 2. The molecule has 0 saturated heterocycles. The van der Waals surface area contributed by atoms with Crippen LogP contribution in [0.5, 0.6) is 0 Å². The molecule has 0 aliphatic rings. The molecule has 0 atom stereocenters. The van der Waals surface area contributed by atoms with Gasteiger partial charge in [-0.1, -0.05) is 53.7 Å². The van der Waals surface area contributed by atoms with Crippen LogP contribution in [0, 0.1) is 0 Å². The lowest BCUT2D eigenvalue weighted by Gasteiger charge is -2.08. The van der Waals surface area contributed by atoms with Crippen LogP contribution in [-0.2, 0) is 11.9 Å². The average molecular weight is 385 g/mol. The SMILES string of the molecule is Nn1c(SCc2cccc(C(F)(F)F)c2)nnc1-c1ccccc1Cl. The van der Waals surface area contributed by atoms with Crippen molar-refractivity contribution in [1.82, 2.24) is 14.9 Å². The quantitative estimate of drug-likeness (QED) is 0.526. The van der Waals surface area contributed by atoms with E-state index in [2.05, 4.69) is 10.2 Å². The average Bonchev–Trinajstić information content (AvgIpc) is 2.94. The van der Waals surface area contributed by atoms with Gasteiger partial charge in [-0.3, -0.25) is 0 Å². The summed E-state index contributed by atoms with van der Waals surface area (Å²) in [5.74, 6) is 6.67. The number of thioether (sulfide) groups is 1. The molecule has 0 amide bonds. The molecule has 3 aromatic rings. The molecule has 25 heavy (non-hydrogen) atoms. The first-order chi connectivity index (χ1) is 11.9. The zero-order chi connectivity index (χ0) is 18.0. The molecule has 0 aliphatic heterocycles. The van der Waals surface area contributed by atoms with Crippen molar-refractivity contribution in [3.05, 3.63) is 64.7 Å². The van der Waals surface area contributed by atoms with E-state index < -0.39 is 11.7 Å². The highest BCUT2D eigenvalue weighted by Gasteiger charge is 2.30. The molecule has 3 rings (SSSR count). The number of rotatable bonds is 4. The first-order valence-corrected chi connectivity index (χ1v) is 8.47. The van der Waals surface area contributed by atoms with Crippen LogP contribution >= 0.6 is 23.4 Å². The predicted molar refractivity (Wildman–Crippen MR) is 91.6 cm³/mol. The molecule has 9 heteroatoms. The summed E-state index contributed by atoms with van der Waals surface area (Å²) in [5, 5.41) is 8.87. The third-order valence-electron chi connectivity index (χ3n) is 3.40. The Morgan fingerprint density at radius 3 is 2.56 bits per heavy atom. The van der Waals surface area contributed by atoms with Gasteiger partial charge < -0.3 is 5.84 Å². The Morgan fingerprint density at radius 2 is 1.84 bits per heavy atom. The van der Waals surface area contributed by atoms with Crippen molar-refractivity contribution in [2.75, 3.05) is 5.84 Å². The Kier molecular flexibility index (Phi) is 4.91. The number of hydrogen-bond acceptors (Lipinski definition) is 4. The first kappa shape index (κ1) is 17.6. The molecule has 0 fully saturated rings. The van der Waals surface area contributed by atoms with Gasteiger partial charge >= 0.3 is 6.18 Å². The molecule has 0 radical (unpaired) electrons. The fraction of sp³-hybridized carbons (Fsp3) is 0.125.